The molecule has 2 aromatic rings. The van der Waals surface area contributed by atoms with E-state index in [1.165, 1.54) is 0 Å². The molecule has 0 radical (unpaired) electrons. The molecular formula is C23H31NO2Si. The second-order valence-electron chi connectivity index (χ2n) is 8.51. The topological polar surface area (TPSA) is 29.5 Å². The van der Waals surface area contributed by atoms with Gasteiger partial charge in [-0.25, -0.2) is 0 Å². The number of nitrogens with zero attached hydrogens (tertiary/aromatic N) is 1. The van der Waals surface area contributed by atoms with E-state index < -0.39 is 8.32 Å². The third-order valence-electron chi connectivity index (χ3n) is 5.14. The van der Waals surface area contributed by atoms with Gasteiger partial charge in [-0.15, -0.1) is 0 Å². The van der Waals surface area contributed by atoms with Crippen LogP contribution in [0.15, 0.2) is 60.7 Å². The molecule has 0 aliphatic heterocycles. The van der Waals surface area contributed by atoms with E-state index in [9.17, 15) is 4.79 Å². The van der Waals surface area contributed by atoms with Crippen LogP contribution in [0, 0.1) is 0 Å². The summed E-state index contributed by atoms with van der Waals surface area (Å²) >= 11 is 0. The van der Waals surface area contributed by atoms with Crippen LogP contribution >= 0.6 is 0 Å². The van der Waals surface area contributed by atoms with E-state index in [1.54, 1.807) is 6.08 Å². The van der Waals surface area contributed by atoms with Gasteiger partial charge in [-0.05, 0) is 35.8 Å². The van der Waals surface area contributed by atoms with Gasteiger partial charge in [-0.1, -0.05) is 63.2 Å². The first-order valence-corrected chi connectivity index (χ1v) is 12.2. The van der Waals surface area contributed by atoms with Gasteiger partial charge < -0.3 is 9.33 Å². The molecule has 0 bridgehead atoms. The smallest absolute Gasteiger partial charge is 0.250 e. The second kappa shape index (κ2) is 8.13. The summed E-state index contributed by atoms with van der Waals surface area (Å²) in [6, 6.07) is 17.5. The number of rotatable bonds is 6. The molecule has 27 heavy (non-hydrogen) atoms. The lowest BCUT2D eigenvalue weighted by atomic mass is 10.1. The summed E-state index contributed by atoms with van der Waals surface area (Å²) in [6.07, 6.45) is 1.70. The standard InChI is InChI=1S/C23H31NO2Si/c1-23(2,3)27(6,7)26-22-16-12-11-15-19(22)21(25)17-20(24(4)5)18-13-9-8-10-14-18/h8-17H,1-7H3/b20-17-. The molecule has 144 valence electrons. The summed E-state index contributed by atoms with van der Waals surface area (Å²) in [6.45, 7) is 11.0. The molecule has 2 aromatic carbocycles. The molecule has 2 rings (SSSR count). The van der Waals surface area contributed by atoms with Gasteiger partial charge >= 0.3 is 0 Å². The molecule has 3 nitrogen and oxygen atoms in total. The second-order valence-corrected chi connectivity index (χ2v) is 13.2. The monoisotopic (exact) mass is 381 g/mol. The van der Waals surface area contributed by atoms with E-state index >= 15 is 0 Å². The van der Waals surface area contributed by atoms with Crippen molar-refractivity contribution in [2.45, 2.75) is 38.9 Å². The molecular weight excluding hydrogens is 350 g/mol. The Kier molecular flexibility index (Phi) is 6.32. The highest BCUT2D eigenvalue weighted by molar-refractivity contribution is 6.74. The Labute approximate surface area is 164 Å². The number of hydrogen-bond acceptors (Lipinski definition) is 3. The third kappa shape index (κ3) is 5.10. The molecule has 0 saturated heterocycles. The van der Waals surface area contributed by atoms with Crippen molar-refractivity contribution in [1.29, 1.82) is 0 Å². The van der Waals surface area contributed by atoms with Gasteiger partial charge in [0.15, 0.2) is 5.78 Å². The Morgan fingerprint density at radius 3 is 2.07 bits per heavy atom. The quantitative estimate of drug-likeness (QED) is 0.357. The molecule has 0 heterocycles. The summed E-state index contributed by atoms with van der Waals surface area (Å²) in [4.78, 5) is 15.1. The van der Waals surface area contributed by atoms with E-state index in [0.717, 1.165) is 11.3 Å². The number of para-hydroxylation sites is 1. The first kappa shape index (κ1) is 21.0. The number of ketones is 1. The van der Waals surface area contributed by atoms with Crippen LogP contribution in [-0.2, 0) is 0 Å². The van der Waals surface area contributed by atoms with Crippen molar-refractivity contribution < 1.29 is 9.22 Å². The third-order valence-corrected chi connectivity index (χ3v) is 9.49. The highest BCUT2D eigenvalue weighted by atomic mass is 28.4. The fourth-order valence-electron chi connectivity index (χ4n) is 2.47. The number of carbonyl (C=O) groups is 1. The van der Waals surface area contributed by atoms with Crippen molar-refractivity contribution >= 4 is 19.8 Å². The van der Waals surface area contributed by atoms with E-state index in [4.69, 9.17) is 4.43 Å². The Morgan fingerprint density at radius 2 is 1.52 bits per heavy atom. The van der Waals surface area contributed by atoms with Gasteiger partial charge in [0.25, 0.3) is 8.32 Å². The minimum Gasteiger partial charge on any atom is -0.543 e. The van der Waals surface area contributed by atoms with Crippen LogP contribution in [0.4, 0.5) is 0 Å². The lowest BCUT2D eigenvalue weighted by molar-refractivity contribution is 0.104. The Hall–Kier alpha value is -2.33. The number of allylic oxidation sites excluding steroid dienone is 1. The summed E-state index contributed by atoms with van der Waals surface area (Å²) in [5.41, 5.74) is 2.50. The van der Waals surface area contributed by atoms with Crippen molar-refractivity contribution in [3.8, 4) is 5.75 Å². The highest BCUT2D eigenvalue weighted by Gasteiger charge is 2.39. The Morgan fingerprint density at radius 1 is 0.963 bits per heavy atom. The predicted octanol–water partition coefficient (Wildman–Crippen LogP) is 5.86. The molecule has 0 saturated carbocycles. The molecule has 4 heteroatoms. The SMILES string of the molecule is CN(C)/C(=C\C(=O)c1ccccc1O[Si](C)(C)C(C)(C)C)c1ccccc1. The van der Waals surface area contributed by atoms with Crippen LogP contribution in [-0.4, -0.2) is 33.1 Å². The van der Waals surface area contributed by atoms with Gasteiger partial charge in [0, 0.05) is 25.9 Å². The molecule has 0 spiro atoms. The fourth-order valence-corrected chi connectivity index (χ4v) is 3.50. The fraction of sp³-hybridized carbons (Fsp3) is 0.348. The van der Waals surface area contributed by atoms with Gasteiger partial charge in [0.2, 0.25) is 0 Å². The maximum atomic E-state index is 13.1. The van der Waals surface area contributed by atoms with Gasteiger partial charge in [0.05, 0.1) is 5.56 Å². The van der Waals surface area contributed by atoms with Gasteiger partial charge in [-0.3, -0.25) is 4.79 Å². The number of benzene rings is 2. The van der Waals surface area contributed by atoms with Crippen molar-refractivity contribution in [3.05, 3.63) is 71.8 Å². The van der Waals surface area contributed by atoms with E-state index in [1.807, 2.05) is 73.6 Å². The van der Waals surface area contributed by atoms with Crippen LogP contribution in [0.2, 0.25) is 18.1 Å². The zero-order chi connectivity index (χ0) is 20.2. The highest BCUT2D eigenvalue weighted by Crippen LogP contribution is 2.38. The maximum absolute atomic E-state index is 13.1. The minimum atomic E-state index is -2.03. The summed E-state index contributed by atoms with van der Waals surface area (Å²) < 4.78 is 6.44. The summed E-state index contributed by atoms with van der Waals surface area (Å²) in [5, 5.41) is 0.0673. The average molecular weight is 382 g/mol. The molecule has 0 amide bonds. The summed E-state index contributed by atoms with van der Waals surface area (Å²) in [7, 11) is 1.87. The van der Waals surface area contributed by atoms with Crippen molar-refractivity contribution in [2.24, 2.45) is 0 Å². The van der Waals surface area contributed by atoms with Crippen molar-refractivity contribution in [1.82, 2.24) is 4.90 Å². The summed E-state index contributed by atoms with van der Waals surface area (Å²) in [5.74, 6) is 0.633. The van der Waals surface area contributed by atoms with Crippen LogP contribution in [0.1, 0.15) is 36.7 Å². The molecule has 0 aliphatic carbocycles. The molecule has 0 aliphatic rings. The van der Waals surface area contributed by atoms with Crippen LogP contribution in [0.5, 0.6) is 5.75 Å². The van der Waals surface area contributed by atoms with Crippen molar-refractivity contribution in [2.75, 3.05) is 14.1 Å². The number of hydrogen-bond donors (Lipinski definition) is 0. The van der Waals surface area contributed by atoms with Gasteiger partial charge in [0.1, 0.15) is 5.75 Å². The Balaban J connectivity index is 2.42. The number of carbonyl (C=O) groups excluding carboxylic acids is 1. The lowest BCUT2D eigenvalue weighted by Gasteiger charge is -2.36. The normalized spacial score (nSPS) is 12.6. The largest absolute Gasteiger partial charge is 0.543 e. The zero-order valence-corrected chi connectivity index (χ0v) is 18.5. The van der Waals surface area contributed by atoms with Crippen LogP contribution in [0.3, 0.4) is 0 Å². The molecule has 0 N–H and O–H groups in total. The van der Waals surface area contributed by atoms with Gasteiger partial charge in [-0.2, -0.15) is 0 Å². The maximum Gasteiger partial charge on any atom is 0.250 e. The first-order chi connectivity index (χ1) is 12.5. The molecule has 0 aromatic heterocycles. The molecule has 0 unspecified atom stereocenters. The van der Waals surface area contributed by atoms with E-state index in [2.05, 4.69) is 33.9 Å². The zero-order valence-electron chi connectivity index (χ0n) is 17.5. The Bertz CT molecular complexity index is 818. The molecule has 0 atom stereocenters. The minimum absolute atomic E-state index is 0.0446. The van der Waals surface area contributed by atoms with Crippen LogP contribution < -0.4 is 4.43 Å². The lowest BCUT2D eigenvalue weighted by Crippen LogP contribution is -2.44. The van der Waals surface area contributed by atoms with E-state index in [0.29, 0.717) is 11.3 Å². The first-order valence-electron chi connectivity index (χ1n) is 9.30. The average Bonchev–Trinajstić information content (AvgIpc) is 2.59. The molecule has 0 fully saturated rings. The van der Waals surface area contributed by atoms with Crippen molar-refractivity contribution in [3.63, 3.8) is 0 Å². The predicted molar refractivity (Wildman–Crippen MR) is 117 cm³/mol. The van der Waals surface area contributed by atoms with E-state index in [-0.39, 0.29) is 10.8 Å². The van der Waals surface area contributed by atoms with Crippen LogP contribution in [0.25, 0.3) is 5.70 Å².